The molecule has 0 aromatic heterocycles. The van der Waals surface area contributed by atoms with Gasteiger partial charge in [0.2, 0.25) is 17.7 Å². The molecule has 1 heterocycles. The standard InChI is InChI=1S/C25H20N2O4/c1-12(27-24(30)20-13-6-7-14(10-13)21(20)25(27)31)23(29)26-15-8-9-17-16-4-2-3-5-18(16)22(28)19(17)11-15/h2-9,11-14,20-21H,10H2,1H3,(H,26,29)/t12-,13+,14+,20-,21-/m1/s1. The van der Waals surface area contributed by atoms with E-state index < -0.39 is 11.9 Å². The summed E-state index contributed by atoms with van der Waals surface area (Å²) in [6, 6.07) is 11.7. The Labute approximate surface area is 178 Å². The number of carbonyl (C=O) groups excluding carboxylic acids is 4. The number of hydrogen-bond acceptors (Lipinski definition) is 4. The topological polar surface area (TPSA) is 83.6 Å². The molecular weight excluding hydrogens is 392 g/mol. The predicted octanol–water partition coefficient (Wildman–Crippen LogP) is 3.03. The predicted molar refractivity (Wildman–Crippen MR) is 113 cm³/mol. The quantitative estimate of drug-likeness (QED) is 0.529. The van der Waals surface area contributed by atoms with Gasteiger partial charge in [-0.2, -0.15) is 0 Å². The van der Waals surface area contributed by atoms with E-state index in [4.69, 9.17) is 0 Å². The Morgan fingerprint density at radius 2 is 1.52 bits per heavy atom. The van der Waals surface area contributed by atoms with Gasteiger partial charge in [0.05, 0.1) is 11.8 Å². The molecule has 2 aromatic carbocycles. The zero-order valence-corrected chi connectivity index (χ0v) is 16.9. The van der Waals surface area contributed by atoms with Crippen LogP contribution in [0, 0.1) is 23.7 Å². The second-order valence-corrected chi connectivity index (χ2v) is 8.85. The molecule has 154 valence electrons. The zero-order chi connectivity index (χ0) is 21.4. The molecule has 0 unspecified atom stereocenters. The van der Waals surface area contributed by atoms with Crippen LogP contribution in [0.5, 0.6) is 0 Å². The van der Waals surface area contributed by atoms with E-state index in [0.29, 0.717) is 16.8 Å². The summed E-state index contributed by atoms with van der Waals surface area (Å²) < 4.78 is 0. The molecule has 5 atom stereocenters. The van der Waals surface area contributed by atoms with Crippen molar-refractivity contribution in [2.45, 2.75) is 19.4 Å². The Bertz CT molecular complexity index is 1200. The minimum atomic E-state index is -0.911. The first-order valence-electron chi connectivity index (χ1n) is 10.6. The first-order valence-corrected chi connectivity index (χ1v) is 10.6. The van der Waals surface area contributed by atoms with E-state index in [-0.39, 0.29) is 41.3 Å². The molecule has 6 rings (SSSR count). The normalized spacial score (nSPS) is 28.0. The second kappa shape index (κ2) is 6.23. The molecule has 1 saturated heterocycles. The Kier molecular flexibility index (Phi) is 3.67. The summed E-state index contributed by atoms with van der Waals surface area (Å²) in [5, 5.41) is 2.79. The van der Waals surface area contributed by atoms with E-state index in [2.05, 4.69) is 5.32 Å². The molecule has 2 aromatic rings. The number of benzene rings is 2. The van der Waals surface area contributed by atoms with E-state index >= 15 is 0 Å². The van der Waals surface area contributed by atoms with Crippen molar-refractivity contribution in [3.8, 4) is 11.1 Å². The SMILES string of the molecule is C[C@H](C(=O)Nc1ccc2c(c1)C(=O)c1ccccc1-2)N1C(=O)[C@H]2[C@H](C1=O)[C@H]1C=C[C@H]2C1. The fraction of sp³-hybridized carbons (Fsp3) is 0.280. The highest BCUT2D eigenvalue weighted by atomic mass is 16.2. The monoisotopic (exact) mass is 412 g/mol. The van der Waals surface area contributed by atoms with Gasteiger partial charge < -0.3 is 5.32 Å². The van der Waals surface area contributed by atoms with Crippen LogP contribution in [-0.4, -0.2) is 34.4 Å². The third-order valence-corrected chi connectivity index (χ3v) is 7.26. The molecule has 0 spiro atoms. The summed E-state index contributed by atoms with van der Waals surface area (Å²) >= 11 is 0. The van der Waals surface area contributed by atoms with E-state index in [9.17, 15) is 19.2 Å². The molecule has 4 aliphatic rings. The third kappa shape index (κ3) is 2.39. The molecule has 6 heteroatoms. The average molecular weight is 412 g/mol. The molecule has 2 fully saturated rings. The average Bonchev–Trinajstić information content (AvgIpc) is 3.51. The van der Waals surface area contributed by atoms with Crippen molar-refractivity contribution in [3.05, 3.63) is 65.7 Å². The lowest BCUT2D eigenvalue weighted by Gasteiger charge is -2.24. The van der Waals surface area contributed by atoms with E-state index in [0.717, 1.165) is 22.4 Å². The van der Waals surface area contributed by atoms with Crippen LogP contribution in [0.4, 0.5) is 5.69 Å². The summed E-state index contributed by atoms with van der Waals surface area (Å²) in [4.78, 5) is 52.7. The highest BCUT2D eigenvalue weighted by Gasteiger charge is 2.60. The Morgan fingerprint density at radius 3 is 2.19 bits per heavy atom. The van der Waals surface area contributed by atoms with E-state index in [1.54, 1.807) is 25.1 Å². The van der Waals surface area contributed by atoms with Crippen LogP contribution >= 0.6 is 0 Å². The number of nitrogens with one attached hydrogen (secondary N) is 1. The Balaban J connectivity index is 1.23. The maximum atomic E-state index is 13.0. The number of ketones is 1. The molecule has 2 bridgehead atoms. The molecule has 3 amide bonds. The molecule has 1 N–H and O–H groups in total. The lowest BCUT2D eigenvalue weighted by Crippen LogP contribution is -2.46. The van der Waals surface area contributed by atoms with Crippen LogP contribution < -0.4 is 5.32 Å². The van der Waals surface area contributed by atoms with Gasteiger partial charge >= 0.3 is 0 Å². The fourth-order valence-electron chi connectivity index (χ4n) is 5.78. The maximum absolute atomic E-state index is 13.0. The number of imide groups is 1. The highest BCUT2D eigenvalue weighted by Crippen LogP contribution is 2.52. The highest BCUT2D eigenvalue weighted by molar-refractivity contribution is 6.22. The molecule has 3 aliphatic carbocycles. The third-order valence-electron chi connectivity index (χ3n) is 7.26. The number of likely N-dealkylation sites (tertiary alicyclic amines) is 1. The van der Waals surface area contributed by atoms with Crippen LogP contribution in [0.1, 0.15) is 29.3 Å². The van der Waals surface area contributed by atoms with Crippen LogP contribution in [-0.2, 0) is 14.4 Å². The van der Waals surface area contributed by atoms with Crippen molar-refractivity contribution < 1.29 is 19.2 Å². The van der Waals surface area contributed by atoms with Gasteiger partial charge in [-0.1, -0.05) is 42.5 Å². The number of fused-ring (bicyclic) bond motifs is 8. The van der Waals surface area contributed by atoms with Gasteiger partial charge in [0.15, 0.2) is 5.78 Å². The number of allylic oxidation sites excluding steroid dienone is 2. The number of nitrogens with zero attached hydrogens (tertiary/aromatic N) is 1. The van der Waals surface area contributed by atoms with Gasteiger partial charge in [0.1, 0.15) is 6.04 Å². The van der Waals surface area contributed by atoms with Crippen molar-refractivity contribution in [1.29, 1.82) is 0 Å². The summed E-state index contributed by atoms with van der Waals surface area (Å²) in [6.45, 7) is 1.58. The Hall–Kier alpha value is -3.54. The van der Waals surface area contributed by atoms with E-state index in [1.165, 1.54) is 0 Å². The van der Waals surface area contributed by atoms with Gasteiger partial charge in [-0.25, -0.2) is 0 Å². The van der Waals surface area contributed by atoms with Crippen molar-refractivity contribution in [2.24, 2.45) is 23.7 Å². The van der Waals surface area contributed by atoms with Crippen molar-refractivity contribution in [2.75, 3.05) is 5.32 Å². The summed E-state index contributed by atoms with van der Waals surface area (Å²) in [7, 11) is 0. The number of hydrogen-bond donors (Lipinski definition) is 1. The number of carbonyl (C=O) groups is 4. The minimum absolute atomic E-state index is 0.0737. The molecule has 1 aliphatic heterocycles. The maximum Gasteiger partial charge on any atom is 0.247 e. The number of rotatable bonds is 3. The van der Waals surface area contributed by atoms with Crippen LogP contribution in [0.2, 0.25) is 0 Å². The number of amides is 3. The van der Waals surface area contributed by atoms with Crippen molar-refractivity contribution in [3.63, 3.8) is 0 Å². The van der Waals surface area contributed by atoms with Gasteiger partial charge in [-0.15, -0.1) is 0 Å². The molecule has 1 saturated carbocycles. The smallest absolute Gasteiger partial charge is 0.247 e. The summed E-state index contributed by atoms with van der Waals surface area (Å²) in [6.07, 6.45) is 4.92. The van der Waals surface area contributed by atoms with Crippen molar-refractivity contribution >= 4 is 29.2 Å². The van der Waals surface area contributed by atoms with Crippen LogP contribution in [0.25, 0.3) is 11.1 Å². The largest absolute Gasteiger partial charge is 0.324 e. The zero-order valence-electron chi connectivity index (χ0n) is 16.9. The van der Waals surface area contributed by atoms with Gasteiger partial charge in [0.25, 0.3) is 0 Å². The van der Waals surface area contributed by atoms with Crippen LogP contribution in [0.15, 0.2) is 54.6 Å². The molecular formula is C25H20N2O4. The minimum Gasteiger partial charge on any atom is -0.324 e. The first kappa shape index (κ1) is 18.2. The lowest BCUT2D eigenvalue weighted by atomic mass is 9.85. The summed E-state index contributed by atoms with van der Waals surface area (Å²) in [5.74, 6) is -1.43. The van der Waals surface area contributed by atoms with Crippen LogP contribution in [0.3, 0.4) is 0 Å². The van der Waals surface area contributed by atoms with Gasteiger partial charge in [-0.3, -0.25) is 24.1 Å². The molecule has 31 heavy (non-hydrogen) atoms. The fourth-order valence-corrected chi connectivity index (χ4v) is 5.78. The second-order valence-electron chi connectivity index (χ2n) is 8.85. The summed E-state index contributed by atoms with van der Waals surface area (Å²) in [5.41, 5.74) is 3.39. The van der Waals surface area contributed by atoms with Crippen molar-refractivity contribution in [1.82, 2.24) is 4.90 Å². The number of anilines is 1. The first-order chi connectivity index (χ1) is 15.0. The lowest BCUT2D eigenvalue weighted by molar-refractivity contribution is -0.146. The van der Waals surface area contributed by atoms with E-state index in [1.807, 2.05) is 36.4 Å². The van der Waals surface area contributed by atoms with Gasteiger partial charge in [0, 0.05) is 16.8 Å². The molecule has 6 nitrogen and oxygen atoms in total. The molecule has 0 radical (unpaired) electrons. The Morgan fingerprint density at radius 1 is 0.903 bits per heavy atom. The van der Waals surface area contributed by atoms with Gasteiger partial charge in [-0.05, 0) is 48.4 Å².